The third kappa shape index (κ3) is 3.65. The Labute approximate surface area is 141 Å². The zero-order valence-corrected chi connectivity index (χ0v) is 13.1. The van der Waals surface area contributed by atoms with Gasteiger partial charge in [0.25, 0.3) is 0 Å². The molecule has 1 heterocycles. The maximum absolute atomic E-state index is 12.7. The Morgan fingerprint density at radius 3 is 2.36 bits per heavy atom. The van der Waals surface area contributed by atoms with Crippen LogP contribution in [0.2, 0.25) is 0 Å². The van der Waals surface area contributed by atoms with E-state index in [1.165, 1.54) is 12.1 Å². The molecule has 2 aromatic carbocycles. The first-order valence-corrected chi connectivity index (χ1v) is 7.64. The van der Waals surface area contributed by atoms with Crippen molar-refractivity contribution in [2.75, 3.05) is 5.32 Å². The van der Waals surface area contributed by atoms with Crippen molar-refractivity contribution in [2.45, 2.75) is 19.0 Å². The van der Waals surface area contributed by atoms with Crippen molar-refractivity contribution in [3.63, 3.8) is 0 Å². The van der Waals surface area contributed by atoms with Crippen molar-refractivity contribution in [3.05, 3.63) is 53.6 Å². The van der Waals surface area contributed by atoms with Gasteiger partial charge in [0.15, 0.2) is 0 Å². The van der Waals surface area contributed by atoms with Crippen LogP contribution in [-0.4, -0.2) is 11.8 Å². The predicted octanol–water partition coefficient (Wildman–Crippen LogP) is 3.36. The van der Waals surface area contributed by atoms with Crippen molar-refractivity contribution in [3.8, 4) is 11.1 Å². The van der Waals surface area contributed by atoms with Crippen LogP contribution in [0.15, 0.2) is 42.5 Å². The van der Waals surface area contributed by atoms with Crippen LogP contribution in [0, 0.1) is 5.92 Å². The Hall–Kier alpha value is -2.83. The molecule has 0 radical (unpaired) electrons. The van der Waals surface area contributed by atoms with E-state index in [0.717, 1.165) is 23.3 Å². The molecule has 0 saturated carbocycles. The lowest BCUT2D eigenvalue weighted by Crippen LogP contribution is -2.33. The van der Waals surface area contributed by atoms with E-state index < -0.39 is 23.6 Å². The highest BCUT2D eigenvalue weighted by atomic mass is 19.4. The molecule has 0 fully saturated rings. The van der Waals surface area contributed by atoms with Crippen LogP contribution >= 0.6 is 0 Å². The Morgan fingerprint density at radius 2 is 1.76 bits per heavy atom. The maximum Gasteiger partial charge on any atom is 0.416 e. The zero-order valence-electron chi connectivity index (χ0n) is 13.1. The van der Waals surface area contributed by atoms with Gasteiger partial charge in [-0.2, -0.15) is 13.2 Å². The molecule has 3 N–H and O–H groups in total. The summed E-state index contributed by atoms with van der Waals surface area (Å²) in [6.07, 6.45) is -4.06. The highest BCUT2D eigenvalue weighted by molar-refractivity contribution is 5.98. The fourth-order valence-corrected chi connectivity index (χ4v) is 2.92. The van der Waals surface area contributed by atoms with Crippen molar-refractivity contribution >= 4 is 17.5 Å². The fraction of sp³-hybridized carbons (Fsp3) is 0.222. The lowest BCUT2D eigenvalue weighted by Gasteiger charge is -2.24. The van der Waals surface area contributed by atoms with Gasteiger partial charge < -0.3 is 11.1 Å². The van der Waals surface area contributed by atoms with Gasteiger partial charge in [0.05, 0.1) is 11.5 Å². The Bertz CT molecular complexity index is 829. The molecular formula is C18H15F3N2O2. The molecule has 1 aliphatic heterocycles. The van der Waals surface area contributed by atoms with Crippen LogP contribution < -0.4 is 11.1 Å². The van der Waals surface area contributed by atoms with Gasteiger partial charge in [-0.1, -0.05) is 18.2 Å². The van der Waals surface area contributed by atoms with Crippen LogP contribution in [0.4, 0.5) is 18.9 Å². The number of carbonyl (C=O) groups is 2. The monoisotopic (exact) mass is 348 g/mol. The summed E-state index contributed by atoms with van der Waals surface area (Å²) >= 11 is 0. The molecular weight excluding hydrogens is 333 g/mol. The quantitative estimate of drug-likeness (QED) is 0.893. The molecule has 25 heavy (non-hydrogen) atoms. The molecule has 0 saturated heterocycles. The number of anilines is 1. The van der Waals surface area contributed by atoms with E-state index in [2.05, 4.69) is 5.32 Å². The summed E-state index contributed by atoms with van der Waals surface area (Å²) < 4.78 is 38.0. The highest BCUT2D eigenvalue weighted by Gasteiger charge is 2.30. The summed E-state index contributed by atoms with van der Waals surface area (Å²) in [5.41, 5.74) is 7.30. The van der Waals surface area contributed by atoms with Crippen LogP contribution in [0.5, 0.6) is 0 Å². The van der Waals surface area contributed by atoms with Crippen LogP contribution in [0.1, 0.15) is 17.5 Å². The summed E-state index contributed by atoms with van der Waals surface area (Å²) in [5.74, 6) is -1.34. The van der Waals surface area contributed by atoms with Crippen LogP contribution in [-0.2, 0) is 22.2 Å². The number of carbonyl (C=O) groups excluding carboxylic acids is 2. The van der Waals surface area contributed by atoms with E-state index in [0.29, 0.717) is 17.7 Å². The normalized spacial score (nSPS) is 16.9. The number of benzene rings is 2. The van der Waals surface area contributed by atoms with Crippen LogP contribution in [0.25, 0.3) is 11.1 Å². The van der Waals surface area contributed by atoms with Gasteiger partial charge in [-0.25, -0.2) is 0 Å². The summed E-state index contributed by atoms with van der Waals surface area (Å²) in [7, 11) is 0. The molecule has 7 heteroatoms. The van der Waals surface area contributed by atoms with Gasteiger partial charge in [-0.05, 0) is 47.4 Å². The second-order valence-electron chi connectivity index (χ2n) is 6.01. The molecule has 0 aromatic heterocycles. The molecule has 2 aromatic rings. The van der Waals surface area contributed by atoms with Crippen molar-refractivity contribution < 1.29 is 22.8 Å². The molecule has 1 aliphatic rings. The van der Waals surface area contributed by atoms with E-state index in [1.807, 2.05) is 6.07 Å². The third-order valence-corrected chi connectivity index (χ3v) is 4.19. The Kier molecular flexibility index (Phi) is 4.24. The topological polar surface area (TPSA) is 72.2 Å². The molecule has 1 unspecified atom stereocenters. The molecule has 1 atom stereocenters. The number of hydrogen-bond acceptors (Lipinski definition) is 2. The minimum Gasteiger partial charge on any atom is -0.370 e. The average Bonchev–Trinajstić information content (AvgIpc) is 2.54. The number of alkyl halides is 3. The van der Waals surface area contributed by atoms with E-state index in [-0.39, 0.29) is 12.3 Å². The minimum absolute atomic E-state index is 0.0459. The first-order chi connectivity index (χ1) is 11.7. The van der Waals surface area contributed by atoms with E-state index in [1.54, 1.807) is 12.1 Å². The lowest BCUT2D eigenvalue weighted by molar-refractivity contribution is -0.137. The largest absolute Gasteiger partial charge is 0.416 e. The fourth-order valence-electron chi connectivity index (χ4n) is 2.92. The number of halogens is 3. The second kappa shape index (κ2) is 6.23. The van der Waals surface area contributed by atoms with Gasteiger partial charge in [-0.3, -0.25) is 9.59 Å². The number of amides is 2. The van der Waals surface area contributed by atoms with Gasteiger partial charge in [0.1, 0.15) is 0 Å². The van der Waals surface area contributed by atoms with Crippen LogP contribution in [0.3, 0.4) is 0 Å². The number of fused-ring (bicyclic) bond motifs is 1. The third-order valence-electron chi connectivity index (χ3n) is 4.19. The van der Waals surface area contributed by atoms with Gasteiger partial charge in [0, 0.05) is 12.1 Å². The zero-order chi connectivity index (χ0) is 18.2. The Balaban J connectivity index is 1.88. The lowest BCUT2D eigenvalue weighted by atomic mass is 9.88. The summed E-state index contributed by atoms with van der Waals surface area (Å²) in [5, 5.41) is 2.73. The number of primary amides is 1. The van der Waals surface area contributed by atoms with Gasteiger partial charge in [-0.15, -0.1) is 0 Å². The Morgan fingerprint density at radius 1 is 1.12 bits per heavy atom. The van der Waals surface area contributed by atoms with E-state index in [4.69, 9.17) is 5.73 Å². The number of nitrogens with one attached hydrogen (secondary N) is 1. The predicted molar refractivity (Wildman–Crippen MR) is 86.5 cm³/mol. The number of rotatable bonds is 3. The second-order valence-corrected chi connectivity index (χ2v) is 6.01. The number of nitrogens with two attached hydrogens (primary N) is 1. The SMILES string of the molecule is NC(=O)CC1Cc2cc(-c3ccc(C(F)(F)F)cc3)ccc2NC1=O. The summed E-state index contributed by atoms with van der Waals surface area (Å²) in [6.45, 7) is 0. The minimum atomic E-state index is -4.37. The van der Waals surface area contributed by atoms with Crippen molar-refractivity contribution in [2.24, 2.45) is 11.7 Å². The molecule has 2 amide bonds. The van der Waals surface area contributed by atoms with E-state index in [9.17, 15) is 22.8 Å². The van der Waals surface area contributed by atoms with Gasteiger partial charge >= 0.3 is 6.18 Å². The molecule has 0 spiro atoms. The van der Waals surface area contributed by atoms with Crippen molar-refractivity contribution in [1.29, 1.82) is 0 Å². The average molecular weight is 348 g/mol. The smallest absolute Gasteiger partial charge is 0.370 e. The summed E-state index contributed by atoms with van der Waals surface area (Å²) in [6, 6.07) is 10.1. The molecule has 3 rings (SSSR count). The highest BCUT2D eigenvalue weighted by Crippen LogP contribution is 2.34. The number of hydrogen-bond donors (Lipinski definition) is 2. The van der Waals surface area contributed by atoms with Crippen molar-refractivity contribution in [1.82, 2.24) is 0 Å². The maximum atomic E-state index is 12.7. The standard InChI is InChI=1S/C18H15F3N2O2/c19-18(20,21)14-4-1-10(2-5-14)11-3-6-15-12(7-11)8-13(9-16(22)24)17(25)23-15/h1-7,13H,8-9H2,(H2,22,24)(H,23,25). The van der Waals surface area contributed by atoms with E-state index >= 15 is 0 Å². The molecule has 0 aliphatic carbocycles. The first kappa shape index (κ1) is 17.0. The molecule has 0 bridgehead atoms. The molecule has 4 nitrogen and oxygen atoms in total. The summed E-state index contributed by atoms with van der Waals surface area (Å²) in [4.78, 5) is 23.0. The first-order valence-electron chi connectivity index (χ1n) is 7.64. The molecule has 130 valence electrons. The van der Waals surface area contributed by atoms with Gasteiger partial charge in [0.2, 0.25) is 11.8 Å².